The van der Waals surface area contributed by atoms with Crippen LogP contribution in [0.2, 0.25) is 0 Å². The van der Waals surface area contributed by atoms with Gasteiger partial charge in [0, 0.05) is 31.0 Å². The SMILES string of the molecule is CC(C)NC(=O)c1ccc(CN2CCn3cccc3C2c2ccc(F)cc2)o1. The lowest BCUT2D eigenvalue weighted by atomic mass is 9.99. The highest BCUT2D eigenvalue weighted by Crippen LogP contribution is 2.33. The summed E-state index contributed by atoms with van der Waals surface area (Å²) in [5.41, 5.74) is 2.20. The van der Waals surface area contributed by atoms with E-state index in [9.17, 15) is 9.18 Å². The van der Waals surface area contributed by atoms with Gasteiger partial charge in [0.15, 0.2) is 5.76 Å². The lowest BCUT2D eigenvalue weighted by molar-refractivity contribution is 0.0908. The van der Waals surface area contributed by atoms with E-state index in [0.29, 0.717) is 12.3 Å². The average molecular weight is 381 g/mol. The van der Waals surface area contributed by atoms with Crippen LogP contribution in [0.15, 0.2) is 59.1 Å². The first-order valence-electron chi connectivity index (χ1n) is 9.55. The zero-order chi connectivity index (χ0) is 19.7. The van der Waals surface area contributed by atoms with Crippen molar-refractivity contribution in [3.05, 3.63) is 83.3 Å². The van der Waals surface area contributed by atoms with Crippen molar-refractivity contribution in [2.24, 2.45) is 0 Å². The van der Waals surface area contributed by atoms with Crippen LogP contribution in [0.1, 0.15) is 47.5 Å². The van der Waals surface area contributed by atoms with Crippen LogP contribution in [0.3, 0.4) is 0 Å². The Morgan fingerprint density at radius 2 is 1.96 bits per heavy atom. The van der Waals surface area contributed by atoms with Crippen molar-refractivity contribution < 1.29 is 13.6 Å². The Morgan fingerprint density at radius 3 is 2.71 bits per heavy atom. The number of nitrogens with one attached hydrogen (secondary N) is 1. The smallest absolute Gasteiger partial charge is 0.287 e. The molecule has 1 N–H and O–H groups in total. The number of amides is 1. The lowest BCUT2D eigenvalue weighted by Crippen LogP contribution is -2.37. The normalized spacial score (nSPS) is 16.9. The molecule has 6 heteroatoms. The van der Waals surface area contributed by atoms with Crippen molar-refractivity contribution in [3.8, 4) is 0 Å². The molecule has 0 bridgehead atoms. The molecule has 0 saturated carbocycles. The number of carbonyl (C=O) groups excluding carboxylic acids is 1. The highest BCUT2D eigenvalue weighted by Gasteiger charge is 2.29. The molecule has 1 aromatic carbocycles. The third kappa shape index (κ3) is 3.73. The molecular weight excluding hydrogens is 357 g/mol. The van der Waals surface area contributed by atoms with Gasteiger partial charge in [-0.2, -0.15) is 0 Å². The van der Waals surface area contributed by atoms with Crippen molar-refractivity contribution in [3.63, 3.8) is 0 Å². The van der Waals surface area contributed by atoms with Crippen LogP contribution in [-0.2, 0) is 13.1 Å². The number of aromatic nitrogens is 1. The third-order valence-electron chi connectivity index (χ3n) is 4.99. The van der Waals surface area contributed by atoms with Crippen LogP contribution in [0.4, 0.5) is 4.39 Å². The molecule has 28 heavy (non-hydrogen) atoms. The summed E-state index contributed by atoms with van der Waals surface area (Å²) in [4.78, 5) is 14.4. The van der Waals surface area contributed by atoms with Gasteiger partial charge in [-0.3, -0.25) is 9.69 Å². The minimum Gasteiger partial charge on any atom is -0.455 e. The van der Waals surface area contributed by atoms with Gasteiger partial charge in [-0.1, -0.05) is 12.1 Å². The van der Waals surface area contributed by atoms with Gasteiger partial charge in [0.25, 0.3) is 5.91 Å². The van der Waals surface area contributed by atoms with Gasteiger partial charge in [-0.25, -0.2) is 4.39 Å². The van der Waals surface area contributed by atoms with E-state index in [4.69, 9.17) is 4.42 Å². The Kier molecular flexibility index (Phi) is 5.05. The molecule has 3 heterocycles. The van der Waals surface area contributed by atoms with E-state index >= 15 is 0 Å². The number of nitrogens with zero attached hydrogens (tertiary/aromatic N) is 2. The second kappa shape index (κ2) is 7.64. The van der Waals surface area contributed by atoms with Crippen molar-refractivity contribution in [1.29, 1.82) is 0 Å². The Bertz CT molecular complexity index is 958. The molecule has 0 spiro atoms. The second-order valence-electron chi connectivity index (χ2n) is 7.45. The minimum atomic E-state index is -0.242. The maximum Gasteiger partial charge on any atom is 0.287 e. The van der Waals surface area contributed by atoms with E-state index in [1.54, 1.807) is 6.07 Å². The summed E-state index contributed by atoms with van der Waals surface area (Å²) in [6.45, 7) is 6.11. The van der Waals surface area contributed by atoms with Gasteiger partial charge in [-0.05, 0) is 55.8 Å². The fraction of sp³-hybridized carbons (Fsp3) is 0.318. The van der Waals surface area contributed by atoms with Crippen LogP contribution in [-0.4, -0.2) is 28.0 Å². The topological polar surface area (TPSA) is 50.4 Å². The summed E-state index contributed by atoms with van der Waals surface area (Å²) in [6.07, 6.45) is 2.07. The minimum absolute atomic E-state index is 0.00221. The standard InChI is InChI=1S/C22H24FN3O2/c1-15(2)24-22(27)20-10-9-18(28-20)14-26-13-12-25-11-3-4-19(25)21(26)16-5-7-17(23)8-6-16/h3-11,15,21H,12-14H2,1-2H3,(H,24,27). The number of fused-ring (bicyclic) bond motifs is 1. The van der Waals surface area contributed by atoms with E-state index < -0.39 is 0 Å². The van der Waals surface area contributed by atoms with Crippen LogP contribution in [0, 0.1) is 5.82 Å². The van der Waals surface area contributed by atoms with Gasteiger partial charge < -0.3 is 14.3 Å². The molecule has 0 saturated heterocycles. The number of carbonyl (C=O) groups is 1. The molecule has 0 radical (unpaired) electrons. The quantitative estimate of drug-likeness (QED) is 0.728. The van der Waals surface area contributed by atoms with Gasteiger partial charge >= 0.3 is 0 Å². The first kappa shape index (κ1) is 18.5. The maximum absolute atomic E-state index is 13.4. The Balaban J connectivity index is 1.59. The van der Waals surface area contributed by atoms with Crippen LogP contribution >= 0.6 is 0 Å². The molecular formula is C22H24FN3O2. The van der Waals surface area contributed by atoms with Gasteiger partial charge in [0.2, 0.25) is 0 Å². The first-order valence-corrected chi connectivity index (χ1v) is 9.55. The van der Waals surface area contributed by atoms with Gasteiger partial charge in [0.05, 0.1) is 12.6 Å². The van der Waals surface area contributed by atoms with Crippen molar-refractivity contribution in [1.82, 2.24) is 14.8 Å². The molecule has 1 unspecified atom stereocenters. The molecule has 1 aliphatic heterocycles. The van der Waals surface area contributed by atoms with Gasteiger partial charge in [-0.15, -0.1) is 0 Å². The summed E-state index contributed by atoms with van der Waals surface area (Å²) < 4.78 is 21.5. The van der Waals surface area contributed by atoms with Crippen molar-refractivity contribution >= 4 is 5.91 Å². The molecule has 1 amide bonds. The molecule has 4 rings (SSSR count). The fourth-order valence-corrected chi connectivity index (χ4v) is 3.75. The zero-order valence-electron chi connectivity index (χ0n) is 16.1. The average Bonchev–Trinajstić information content (AvgIpc) is 3.31. The van der Waals surface area contributed by atoms with E-state index in [0.717, 1.165) is 24.4 Å². The summed E-state index contributed by atoms with van der Waals surface area (Å²) in [5, 5.41) is 2.84. The largest absolute Gasteiger partial charge is 0.455 e. The number of benzene rings is 1. The number of halogens is 1. The monoisotopic (exact) mass is 381 g/mol. The summed E-state index contributed by atoms with van der Waals surface area (Å²) in [7, 11) is 0. The molecule has 1 atom stereocenters. The van der Waals surface area contributed by atoms with Crippen LogP contribution in [0.25, 0.3) is 0 Å². The second-order valence-corrected chi connectivity index (χ2v) is 7.45. The highest BCUT2D eigenvalue weighted by atomic mass is 19.1. The molecule has 0 fully saturated rings. The van der Waals surface area contributed by atoms with E-state index in [1.807, 2.05) is 38.1 Å². The summed E-state index contributed by atoms with van der Waals surface area (Å²) in [5.74, 6) is 0.612. The Labute approximate surface area is 163 Å². The highest BCUT2D eigenvalue weighted by molar-refractivity contribution is 5.91. The van der Waals surface area contributed by atoms with Crippen LogP contribution < -0.4 is 5.32 Å². The molecule has 1 aliphatic rings. The van der Waals surface area contributed by atoms with Crippen molar-refractivity contribution in [2.75, 3.05) is 6.54 Å². The molecule has 3 aromatic rings. The van der Waals surface area contributed by atoms with E-state index in [2.05, 4.69) is 27.0 Å². The zero-order valence-corrected chi connectivity index (χ0v) is 16.1. The predicted molar refractivity (Wildman–Crippen MR) is 104 cm³/mol. The number of hydrogen-bond donors (Lipinski definition) is 1. The Hall–Kier alpha value is -2.86. The third-order valence-corrected chi connectivity index (χ3v) is 4.99. The lowest BCUT2D eigenvalue weighted by Gasteiger charge is -2.36. The Morgan fingerprint density at radius 1 is 1.18 bits per heavy atom. The number of rotatable bonds is 5. The molecule has 146 valence electrons. The number of hydrogen-bond acceptors (Lipinski definition) is 3. The van der Waals surface area contributed by atoms with Crippen molar-refractivity contribution in [2.45, 2.75) is 39.0 Å². The predicted octanol–water partition coefficient (Wildman–Crippen LogP) is 3.96. The maximum atomic E-state index is 13.4. The summed E-state index contributed by atoms with van der Waals surface area (Å²) in [6, 6.07) is 14.4. The first-order chi connectivity index (χ1) is 13.5. The molecule has 0 aliphatic carbocycles. The van der Waals surface area contributed by atoms with E-state index in [-0.39, 0.29) is 23.8 Å². The molecule has 2 aromatic heterocycles. The number of furan rings is 1. The molecule has 5 nitrogen and oxygen atoms in total. The van der Waals surface area contributed by atoms with Crippen LogP contribution in [0.5, 0.6) is 0 Å². The van der Waals surface area contributed by atoms with Gasteiger partial charge in [0.1, 0.15) is 11.6 Å². The fourth-order valence-electron chi connectivity index (χ4n) is 3.75. The summed E-state index contributed by atoms with van der Waals surface area (Å²) >= 11 is 0. The van der Waals surface area contributed by atoms with E-state index in [1.165, 1.54) is 17.8 Å².